The van der Waals surface area contributed by atoms with E-state index in [1.165, 1.54) is 0 Å². The van der Waals surface area contributed by atoms with Gasteiger partial charge in [-0.1, -0.05) is 25.1 Å². The lowest BCUT2D eigenvalue weighted by Crippen LogP contribution is -2.39. The summed E-state index contributed by atoms with van der Waals surface area (Å²) in [5.74, 6) is 2.39. The number of rotatable bonds is 6. The summed E-state index contributed by atoms with van der Waals surface area (Å²) in [5, 5.41) is 7.55. The zero-order valence-corrected chi connectivity index (χ0v) is 14.4. The maximum absolute atomic E-state index is 5.37. The van der Waals surface area contributed by atoms with Crippen LogP contribution < -0.4 is 5.32 Å². The number of nitrogens with one attached hydrogen (secondary N) is 1. The zero-order valence-electron chi connectivity index (χ0n) is 14.4. The Kier molecular flexibility index (Phi) is 5.25. The van der Waals surface area contributed by atoms with E-state index in [2.05, 4.69) is 31.9 Å². The fraction of sp³-hybridized carbons (Fsp3) is 0.500. The monoisotopic (exact) mass is 327 g/mol. The molecule has 1 aliphatic rings. The van der Waals surface area contributed by atoms with Crippen molar-refractivity contribution < 1.29 is 4.52 Å². The number of hydrogen-bond donors (Lipinski definition) is 1. The Balaban J connectivity index is 1.64. The average molecular weight is 327 g/mol. The second kappa shape index (κ2) is 7.57. The van der Waals surface area contributed by atoms with Crippen LogP contribution in [0.1, 0.15) is 38.4 Å². The molecule has 0 unspecified atom stereocenters. The maximum atomic E-state index is 5.37. The van der Waals surface area contributed by atoms with Gasteiger partial charge in [-0.3, -0.25) is 4.90 Å². The molecule has 1 aliphatic heterocycles. The number of nitrogens with zero attached hydrogens (tertiary/aromatic N) is 4. The van der Waals surface area contributed by atoms with Crippen LogP contribution in [0.2, 0.25) is 0 Å². The summed E-state index contributed by atoms with van der Waals surface area (Å²) in [6.45, 7) is 11.0. The van der Waals surface area contributed by atoms with Gasteiger partial charge in [0, 0.05) is 43.4 Å². The first kappa shape index (κ1) is 16.6. The minimum absolute atomic E-state index is 0.252. The molecule has 1 fully saturated rings. The van der Waals surface area contributed by atoms with Gasteiger partial charge in [0.2, 0.25) is 0 Å². The minimum Gasteiger partial charge on any atom is -0.367 e. The minimum atomic E-state index is 0.252. The molecule has 1 N–H and O–H groups in total. The van der Waals surface area contributed by atoms with E-state index in [4.69, 9.17) is 4.52 Å². The van der Waals surface area contributed by atoms with Crippen LogP contribution in [0.25, 0.3) is 11.5 Å². The average Bonchev–Trinajstić information content (AvgIpc) is 3.08. The van der Waals surface area contributed by atoms with Crippen LogP contribution in [-0.4, -0.2) is 45.7 Å². The summed E-state index contributed by atoms with van der Waals surface area (Å²) in [4.78, 5) is 11.3. The molecule has 1 saturated heterocycles. The normalized spacial score (nSPS) is 16.5. The number of pyridine rings is 1. The summed E-state index contributed by atoms with van der Waals surface area (Å²) in [5.41, 5.74) is 0.899. The molecule has 0 saturated carbocycles. The molecule has 0 amide bonds. The molecule has 128 valence electrons. The molecular formula is C18H25N5O. The summed E-state index contributed by atoms with van der Waals surface area (Å²) < 4.78 is 5.37. The van der Waals surface area contributed by atoms with E-state index < -0.39 is 0 Å². The Morgan fingerprint density at radius 1 is 1.42 bits per heavy atom. The molecule has 0 radical (unpaired) electrons. The molecular weight excluding hydrogens is 302 g/mol. The van der Waals surface area contributed by atoms with Gasteiger partial charge < -0.3 is 9.84 Å². The van der Waals surface area contributed by atoms with E-state index in [9.17, 15) is 0 Å². The van der Waals surface area contributed by atoms with E-state index in [1.807, 2.05) is 32.1 Å². The van der Waals surface area contributed by atoms with Crippen molar-refractivity contribution in [1.82, 2.24) is 20.0 Å². The van der Waals surface area contributed by atoms with Crippen molar-refractivity contribution in [3.63, 3.8) is 0 Å². The largest absolute Gasteiger partial charge is 0.367 e. The van der Waals surface area contributed by atoms with Gasteiger partial charge in [-0.25, -0.2) is 4.98 Å². The quantitative estimate of drug-likeness (QED) is 0.821. The van der Waals surface area contributed by atoms with Crippen molar-refractivity contribution in [1.29, 1.82) is 0 Å². The van der Waals surface area contributed by atoms with Crippen LogP contribution >= 0.6 is 0 Å². The van der Waals surface area contributed by atoms with Crippen molar-refractivity contribution in [3.05, 3.63) is 36.8 Å². The molecule has 2 aromatic heterocycles. The molecule has 0 aromatic carbocycles. The van der Waals surface area contributed by atoms with E-state index in [1.54, 1.807) is 6.20 Å². The Bertz CT molecular complexity index is 674. The number of anilines is 1. The topological polar surface area (TPSA) is 67.1 Å². The zero-order chi connectivity index (χ0) is 16.9. The van der Waals surface area contributed by atoms with Crippen molar-refractivity contribution in [2.24, 2.45) is 0 Å². The molecule has 0 atom stereocenters. The van der Waals surface area contributed by atoms with Gasteiger partial charge in [-0.05, 0) is 25.0 Å². The van der Waals surface area contributed by atoms with Crippen molar-refractivity contribution in [2.75, 3.05) is 25.0 Å². The molecule has 2 aromatic rings. The number of hydrogen-bond acceptors (Lipinski definition) is 6. The molecule has 0 spiro atoms. The summed E-state index contributed by atoms with van der Waals surface area (Å²) in [7, 11) is 0. The number of piperidine rings is 1. The Morgan fingerprint density at radius 3 is 2.88 bits per heavy atom. The van der Waals surface area contributed by atoms with Gasteiger partial charge in [0.15, 0.2) is 5.82 Å². The third kappa shape index (κ3) is 4.00. The Labute approximate surface area is 143 Å². The summed E-state index contributed by atoms with van der Waals surface area (Å²) in [6.07, 6.45) is 5.97. The first-order valence-corrected chi connectivity index (χ1v) is 8.55. The summed E-state index contributed by atoms with van der Waals surface area (Å²) >= 11 is 0. The number of likely N-dealkylation sites (tertiary alicyclic amines) is 1. The standard InChI is InChI=1S/C18H25N5O/c1-4-9-23-10-6-15(7-11-23)20-16-12-14(5-8-19-16)18-21-17(13(2)3)22-24-18/h4-5,8,12-13,15H,1,6-7,9-11H2,2-3H3,(H,19,20). The molecule has 6 nitrogen and oxygen atoms in total. The fourth-order valence-corrected chi connectivity index (χ4v) is 2.88. The van der Waals surface area contributed by atoms with Gasteiger partial charge in [-0.2, -0.15) is 4.98 Å². The van der Waals surface area contributed by atoms with Crippen LogP contribution in [0.4, 0.5) is 5.82 Å². The van der Waals surface area contributed by atoms with Crippen molar-refractivity contribution in [3.8, 4) is 11.5 Å². The molecule has 0 bridgehead atoms. The SMILES string of the molecule is C=CCN1CCC(Nc2cc(-c3nc(C(C)C)no3)ccn2)CC1. The predicted octanol–water partition coefficient (Wildman–Crippen LogP) is 3.32. The lowest BCUT2D eigenvalue weighted by atomic mass is 10.0. The highest BCUT2D eigenvalue weighted by atomic mass is 16.5. The predicted molar refractivity (Wildman–Crippen MR) is 94.9 cm³/mol. The highest BCUT2D eigenvalue weighted by Crippen LogP contribution is 2.23. The van der Waals surface area contributed by atoms with Crippen molar-refractivity contribution in [2.45, 2.75) is 38.6 Å². The van der Waals surface area contributed by atoms with Gasteiger partial charge in [0.05, 0.1) is 0 Å². The van der Waals surface area contributed by atoms with E-state index in [0.717, 1.165) is 49.7 Å². The first-order chi connectivity index (χ1) is 11.7. The maximum Gasteiger partial charge on any atom is 0.258 e. The molecule has 24 heavy (non-hydrogen) atoms. The lowest BCUT2D eigenvalue weighted by molar-refractivity contribution is 0.240. The smallest absolute Gasteiger partial charge is 0.258 e. The van der Waals surface area contributed by atoms with Crippen LogP contribution in [-0.2, 0) is 0 Å². The van der Waals surface area contributed by atoms with Crippen LogP contribution in [0.5, 0.6) is 0 Å². The Morgan fingerprint density at radius 2 is 2.21 bits per heavy atom. The van der Waals surface area contributed by atoms with E-state index >= 15 is 0 Å². The number of aromatic nitrogens is 3. The molecule has 0 aliphatic carbocycles. The van der Waals surface area contributed by atoms with E-state index in [0.29, 0.717) is 11.9 Å². The van der Waals surface area contributed by atoms with Crippen LogP contribution in [0.15, 0.2) is 35.5 Å². The van der Waals surface area contributed by atoms with Crippen LogP contribution in [0, 0.1) is 0 Å². The molecule has 3 rings (SSSR count). The first-order valence-electron chi connectivity index (χ1n) is 8.55. The Hall–Kier alpha value is -2.21. The van der Waals surface area contributed by atoms with Crippen molar-refractivity contribution >= 4 is 5.82 Å². The van der Waals surface area contributed by atoms with Gasteiger partial charge >= 0.3 is 0 Å². The van der Waals surface area contributed by atoms with Gasteiger partial charge in [0.1, 0.15) is 5.82 Å². The van der Waals surface area contributed by atoms with Gasteiger partial charge in [0.25, 0.3) is 5.89 Å². The van der Waals surface area contributed by atoms with Crippen LogP contribution in [0.3, 0.4) is 0 Å². The summed E-state index contributed by atoms with van der Waals surface area (Å²) in [6, 6.07) is 4.33. The highest BCUT2D eigenvalue weighted by molar-refractivity contribution is 5.58. The second-order valence-electron chi connectivity index (χ2n) is 6.55. The second-order valence-corrected chi connectivity index (χ2v) is 6.55. The van der Waals surface area contributed by atoms with Gasteiger partial charge in [-0.15, -0.1) is 6.58 Å². The molecule has 6 heteroatoms. The van der Waals surface area contributed by atoms with E-state index in [-0.39, 0.29) is 5.92 Å². The highest BCUT2D eigenvalue weighted by Gasteiger charge is 2.19. The fourth-order valence-electron chi connectivity index (χ4n) is 2.88. The third-order valence-corrected chi connectivity index (χ3v) is 4.29. The lowest BCUT2D eigenvalue weighted by Gasteiger charge is -2.31. The molecule has 3 heterocycles. The third-order valence-electron chi connectivity index (χ3n) is 4.29.